The molecule has 0 saturated carbocycles. The number of carbonyl (C=O) groups excluding carboxylic acids is 1. The quantitative estimate of drug-likeness (QED) is 0.258. The fourth-order valence-electron chi connectivity index (χ4n) is 5.26. The molecule has 2 N–H and O–H groups in total. The first kappa shape index (κ1) is 32.2. The van der Waals surface area contributed by atoms with Crippen LogP contribution in [0.4, 0.5) is 23.2 Å². The second kappa shape index (κ2) is 13.7. The maximum absolute atomic E-state index is 14.7. The average molecular weight is 602 g/mol. The molecule has 2 heterocycles. The molecule has 4 rings (SSSR count). The van der Waals surface area contributed by atoms with E-state index in [0.717, 1.165) is 12.1 Å². The molecule has 0 bridgehead atoms. The van der Waals surface area contributed by atoms with Crippen LogP contribution in [0.25, 0.3) is 10.9 Å². The number of hydrogen-bond donors (Lipinski definition) is 2. The Balaban J connectivity index is 1.48. The Morgan fingerprint density at radius 3 is 2.58 bits per heavy atom. The van der Waals surface area contributed by atoms with Gasteiger partial charge in [0.05, 0.1) is 25.0 Å². The summed E-state index contributed by atoms with van der Waals surface area (Å²) < 4.78 is 61.8. The number of nitrogens with one attached hydrogen (secondary N) is 2. The van der Waals surface area contributed by atoms with Gasteiger partial charge in [0.15, 0.2) is 0 Å². The number of amides is 1. The molecule has 43 heavy (non-hydrogen) atoms. The molecule has 2 unspecified atom stereocenters. The minimum absolute atomic E-state index is 0.139. The van der Waals surface area contributed by atoms with Crippen LogP contribution in [-0.2, 0) is 13.1 Å². The molecule has 3 aromatic rings. The van der Waals surface area contributed by atoms with Gasteiger partial charge in [0.1, 0.15) is 18.5 Å². The third-order valence-electron chi connectivity index (χ3n) is 7.61. The van der Waals surface area contributed by atoms with Gasteiger partial charge in [-0.05, 0) is 68.2 Å². The van der Waals surface area contributed by atoms with E-state index in [-0.39, 0.29) is 24.2 Å². The summed E-state index contributed by atoms with van der Waals surface area (Å²) in [4.78, 5) is 15.8. The maximum atomic E-state index is 14.7. The first-order valence-electron chi connectivity index (χ1n) is 14.3. The lowest BCUT2D eigenvalue weighted by Crippen LogP contribution is -2.52. The predicted molar refractivity (Wildman–Crippen MR) is 161 cm³/mol. The number of piperidine rings is 1. The van der Waals surface area contributed by atoms with Crippen LogP contribution < -0.4 is 15.4 Å². The molecule has 11 heteroatoms. The zero-order valence-electron chi connectivity index (χ0n) is 25.2. The molecular weight excluding hydrogens is 562 g/mol. The lowest BCUT2D eigenvalue weighted by molar-refractivity contribution is -0.140. The third-order valence-corrected chi connectivity index (χ3v) is 7.61. The lowest BCUT2D eigenvalue weighted by atomic mass is 10.0. The molecular formula is C32H39F4N5O2. The standard InChI is InChI=1S/C32H39F4N5O2/c1-21(2)40-14-12-27(26(33)19-40)38-18-22-8-11-29-24(15-22)16-25(41(29)20-32(34,35)36)7-6-13-37-28-10-9-23(17-30(28)43-5)31(42)39(3)4/h8-11,15-17,21,26-27,37-38H,12-14,18-20H2,1-5H3. The summed E-state index contributed by atoms with van der Waals surface area (Å²) in [6.45, 7) is 4.71. The second-order valence-electron chi connectivity index (χ2n) is 11.3. The number of benzene rings is 2. The van der Waals surface area contributed by atoms with Gasteiger partial charge in [-0.1, -0.05) is 12.0 Å². The van der Waals surface area contributed by atoms with Crippen LogP contribution in [0.3, 0.4) is 0 Å². The predicted octanol–water partition coefficient (Wildman–Crippen LogP) is 5.29. The number of hydrogen-bond acceptors (Lipinski definition) is 5. The highest BCUT2D eigenvalue weighted by molar-refractivity contribution is 5.95. The fourth-order valence-corrected chi connectivity index (χ4v) is 5.26. The molecule has 7 nitrogen and oxygen atoms in total. The number of ether oxygens (including phenoxy) is 1. The number of carbonyl (C=O) groups is 1. The Morgan fingerprint density at radius 1 is 1.16 bits per heavy atom. The Morgan fingerprint density at radius 2 is 1.93 bits per heavy atom. The molecule has 1 aromatic heterocycles. The number of nitrogens with zero attached hydrogens (tertiary/aromatic N) is 3. The van der Waals surface area contributed by atoms with Crippen molar-refractivity contribution in [1.82, 2.24) is 19.7 Å². The Labute approximate surface area is 250 Å². The minimum Gasteiger partial charge on any atom is -0.495 e. The van der Waals surface area contributed by atoms with Gasteiger partial charge in [-0.15, -0.1) is 0 Å². The average Bonchev–Trinajstić information content (AvgIpc) is 3.28. The van der Waals surface area contributed by atoms with Gasteiger partial charge in [-0.2, -0.15) is 13.2 Å². The molecule has 1 fully saturated rings. The summed E-state index contributed by atoms with van der Waals surface area (Å²) in [5.41, 5.74) is 2.59. The minimum atomic E-state index is -4.43. The number of rotatable bonds is 9. The summed E-state index contributed by atoms with van der Waals surface area (Å²) in [6.07, 6.45) is -4.72. The van der Waals surface area contributed by atoms with E-state index in [2.05, 4.69) is 41.2 Å². The van der Waals surface area contributed by atoms with Crippen molar-refractivity contribution in [2.24, 2.45) is 0 Å². The Bertz CT molecular complexity index is 1490. The van der Waals surface area contributed by atoms with Crippen molar-refractivity contribution < 1.29 is 27.1 Å². The summed E-state index contributed by atoms with van der Waals surface area (Å²) >= 11 is 0. The van der Waals surface area contributed by atoms with Crippen LogP contribution in [0.2, 0.25) is 0 Å². The fraction of sp³-hybridized carbons (Fsp3) is 0.469. The van der Waals surface area contributed by atoms with E-state index >= 15 is 0 Å². The molecule has 0 aliphatic carbocycles. The molecule has 1 saturated heterocycles. The molecule has 0 radical (unpaired) electrons. The highest BCUT2D eigenvalue weighted by Crippen LogP contribution is 2.28. The molecule has 1 aliphatic rings. The lowest BCUT2D eigenvalue weighted by Gasteiger charge is -2.37. The molecule has 1 aliphatic heterocycles. The number of likely N-dealkylation sites (tertiary alicyclic amines) is 1. The van der Waals surface area contributed by atoms with E-state index in [1.807, 2.05) is 6.07 Å². The topological polar surface area (TPSA) is 61.8 Å². The summed E-state index contributed by atoms with van der Waals surface area (Å²) in [5, 5.41) is 7.04. The van der Waals surface area contributed by atoms with Gasteiger partial charge in [-0.25, -0.2) is 4.39 Å². The Hall–Kier alpha value is -3.75. The van der Waals surface area contributed by atoms with Crippen LogP contribution in [0.5, 0.6) is 5.75 Å². The van der Waals surface area contributed by atoms with Crippen LogP contribution in [-0.4, -0.2) is 85.5 Å². The summed E-state index contributed by atoms with van der Waals surface area (Å²) in [6, 6.07) is 11.9. The largest absolute Gasteiger partial charge is 0.495 e. The van der Waals surface area contributed by atoms with Crippen molar-refractivity contribution in [2.45, 2.75) is 57.8 Å². The normalized spacial score (nSPS) is 17.5. The molecule has 1 amide bonds. The zero-order chi connectivity index (χ0) is 31.3. The van der Waals surface area contributed by atoms with Crippen molar-refractivity contribution >= 4 is 22.5 Å². The smallest absolute Gasteiger partial charge is 0.406 e. The summed E-state index contributed by atoms with van der Waals surface area (Å²) in [5.74, 6) is 6.07. The van der Waals surface area contributed by atoms with Crippen LogP contribution in [0.15, 0.2) is 42.5 Å². The number of aromatic nitrogens is 1. The summed E-state index contributed by atoms with van der Waals surface area (Å²) in [7, 11) is 4.80. The Kier molecular flexibility index (Phi) is 10.2. The van der Waals surface area contributed by atoms with E-state index in [9.17, 15) is 22.4 Å². The van der Waals surface area contributed by atoms with Gasteiger partial charge in [-0.3, -0.25) is 9.69 Å². The van der Waals surface area contributed by atoms with Gasteiger partial charge in [0.25, 0.3) is 5.91 Å². The van der Waals surface area contributed by atoms with E-state index < -0.39 is 18.9 Å². The number of anilines is 1. The number of fused-ring (bicyclic) bond motifs is 1. The van der Waals surface area contributed by atoms with Gasteiger partial charge >= 0.3 is 6.18 Å². The monoisotopic (exact) mass is 601 g/mol. The van der Waals surface area contributed by atoms with E-state index in [4.69, 9.17) is 4.74 Å². The first-order valence-corrected chi connectivity index (χ1v) is 14.3. The molecule has 232 valence electrons. The van der Waals surface area contributed by atoms with Crippen LogP contribution in [0.1, 0.15) is 41.9 Å². The number of alkyl halides is 4. The highest BCUT2D eigenvalue weighted by Gasteiger charge is 2.31. The molecule has 2 aromatic carbocycles. The van der Waals surface area contributed by atoms with Crippen LogP contribution >= 0.6 is 0 Å². The SMILES string of the molecule is COc1cc(C(=O)N(C)C)ccc1NCC#Cc1cc2cc(CNC3CCN(C(C)C)CC3F)ccc2n1CC(F)(F)F. The van der Waals surface area contributed by atoms with Crippen molar-refractivity contribution in [3.63, 3.8) is 0 Å². The highest BCUT2D eigenvalue weighted by atomic mass is 19.4. The van der Waals surface area contributed by atoms with E-state index in [1.54, 1.807) is 50.5 Å². The van der Waals surface area contributed by atoms with Crippen LogP contribution in [0, 0.1) is 11.8 Å². The van der Waals surface area contributed by atoms with Crippen molar-refractivity contribution in [3.8, 4) is 17.6 Å². The zero-order valence-corrected chi connectivity index (χ0v) is 25.2. The number of methoxy groups -OCH3 is 1. The van der Waals surface area contributed by atoms with Crippen molar-refractivity contribution in [3.05, 3.63) is 59.3 Å². The van der Waals surface area contributed by atoms with Gasteiger partial charge in [0, 0.05) is 62.3 Å². The third kappa shape index (κ3) is 8.21. The van der Waals surface area contributed by atoms with E-state index in [1.165, 1.54) is 16.6 Å². The molecule has 2 atom stereocenters. The van der Waals surface area contributed by atoms with Gasteiger partial charge < -0.3 is 24.8 Å². The van der Waals surface area contributed by atoms with Gasteiger partial charge in [0.2, 0.25) is 0 Å². The second-order valence-corrected chi connectivity index (χ2v) is 11.3. The van der Waals surface area contributed by atoms with Crippen molar-refractivity contribution in [2.75, 3.05) is 46.2 Å². The molecule has 0 spiro atoms. The number of halogens is 4. The first-order chi connectivity index (χ1) is 20.4. The van der Waals surface area contributed by atoms with E-state index in [0.29, 0.717) is 53.5 Å². The van der Waals surface area contributed by atoms with Crippen molar-refractivity contribution in [1.29, 1.82) is 0 Å². The maximum Gasteiger partial charge on any atom is 0.406 e.